The summed E-state index contributed by atoms with van der Waals surface area (Å²) in [5, 5.41) is 17.4. The maximum atomic E-state index is 12.1. The van der Waals surface area contributed by atoms with Gasteiger partial charge in [-0.3, -0.25) is 0 Å². The van der Waals surface area contributed by atoms with E-state index < -0.39 is 23.9 Å². The molecule has 1 saturated heterocycles. The standard InChI is InChI=1S/C13H15NO6/c1-2-11(15)14(6-5-13(18)19)7-8-20-9-10(14)3-4-12(16)17/h2-6,10H,1,7-9H2,(H-,16,17,18,19)/p+1. The van der Waals surface area contributed by atoms with Crippen molar-refractivity contribution in [2.24, 2.45) is 0 Å². The first-order valence-electron chi connectivity index (χ1n) is 5.88. The van der Waals surface area contributed by atoms with E-state index >= 15 is 0 Å². The maximum absolute atomic E-state index is 12.1. The van der Waals surface area contributed by atoms with Gasteiger partial charge in [0.1, 0.15) is 25.4 Å². The molecular formula is C13H16NO6+. The summed E-state index contributed by atoms with van der Waals surface area (Å²) in [6.07, 6.45) is 5.45. The van der Waals surface area contributed by atoms with E-state index in [2.05, 4.69) is 6.58 Å². The number of amides is 1. The Bertz CT molecular complexity index is 481. The molecule has 1 amide bonds. The molecule has 1 rings (SSSR count). The Morgan fingerprint density at radius 3 is 2.40 bits per heavy atom. The second-order valence-corrected chi connectivity index (χ2v) is 4.19. The van der Waals surface area contributed by atoms with Crippen molar-refractivity contribution in [2.75, 3.05) is 19.8 Å². The molecule has 2 unspecified atom stereocenters. The normalized spacial score (nSPS) is 26.7. The highest BCUT2D eigenvalue weighted by Gasteiger charge is 2.42. The number of nitrogens with zero attached hydrogens (tertiary/aromatic N) is 1. The number of morpholine rings is 1. The fourth-order valence-electron chi connectivity index (χ4n) is 2.02. The Hall–Kier alpha value is -2.25. The molecule has 7 heteroatoms. The second-order valence-electron chi connectivity index (χ2n) is 4.19. The number of hydrogen-bond acceptors (Lipinski definition) is 4. The second kappa shape index (κ2) is 6.78. The third-order valence-corrected chi connectivity index (χ3v) is 3.02. The number of carbonyl (C=O) groups is 3. The lowest BCUT2D eigenvalue weighted by molar-refractivity contribution is -0.830. The van der Waals surface area contributed by atoms with Gasteiger partial charge < -0.3 is 14.9 Å². The van der Waals surface area contributed by atoms with Gasteiger partial charge in [-0.1, -0.05) is 6.58 Å². The van der Waals surface area contributed by atoms with E-state index in [1.807, 2.05) is 0 Å². The molecule has 2 atom stereocenters. The SMILES string of the molecule is C=CC(=O)[N+]1(C=CC(=O)O)CCOCC1C=CC(=O)O. The van der Waals surface area contributed by atoms with Gasteiger partial charge in [-0.2, -0.15) is 0 Å². The van der Waals surface area contributed by atoms with Gasteiger partial charge in [0, 0.05) is 12.2 Å². The minimum absolute atomic E-state index is 0.118. The van der Waals surface area contributed by atoms with E-state index in [1.165, 1.54) is 12.3 Å². The number of quaternary nitrogens is 1. The fraction of sp³-hybridized carbons (Fsp3) is 0.308. The first-order valence-corrected chi connectivity index (χ1v) is 5.88. The first kappa shape index (κ1) is 15.8. The number of carboxylic acid groups (broad SMARTS) is 2. The summed E-state index contributed by atoms with van der Waals surface area (Å²) >= 11 is 0. The number of ether oxygens (including phenoxy) is 1. The molecule has 1 aliphatic heterocycles. The minimum atomic E-state index is -1.19. The van der Waals surface area contributed by atoms with Crippen molar-refractivity contribution in [3.8, 4) is 0 Å². The highest BCUT2D eigenvalue weighted by Crippen LogP contribution is 2.22. The van der Waals surface area contributed by atoms with Crippen molar-refractivity contribution in [3.05, 3.63) is 37.1 Å². The molecule has 0 radical (unpaired) electrons. The molecule has 1 fully saturated rings. The molecule has 0 bridgehead atoms. The van der Waals surface area contributed by atoms with Crippen molar-refractivity contribution < 1.29 is 33.8 Å². The molecule has 0 aromatic rings. The van der Waals surface area contributed by atoms with Crippen LogP contribution in [-0.2, 0) is 19.1 Å². The molecule has 108 valence electrons. The van der Waals surface area contributed by atoms with Gasteiger partial charge in [0.2, 0.25) is 0 Å². The van der Waals surface area contributed by atoms with Gasteiger partial charge in [-0.05, 0) is 6.08 Å². The molecule has 1 aliphatic rings. The predicted octanol–water partition coefficient (Wildman–Crippen LogP) is 0.154. The van der Waals surface area contributed by atoms with Gasteiger partial charge in [0.25, 0.3) is 0 Å². The highest BCUT2D eigenvalue weighted by molar-refractivity contribution is 5.84. The van der Waals surface area contributed by atoms with Crippen molar-refractivity contribution in [2.45, 2.75) is 6.04 Å². The third-order valence-electron chi connectivity index (χ3n) is 3.02. The Morgan fingerprint density at radius 2 is 1.85 bits per heavy atom. The summed E-state index contributed by atoms with van der Waals surface area (Å²) in [6.45, 7) is 4.00. The van der Waals surface area contributed by atoms with Gasteiger partial charge in [0.05, 0.1) is 12.7 Å². The summed E-state index contributed by atoms with van der Waals surface area (Å²) in [7, 11) is 0. The molecule has 0 spiro atoms. The zero-order valence-electron chi connectivity index (χ0n) is 10.8. The van der Waals surface area contributed by atoms with Crippen LogP contribution in [0.15, 0.2) is 37.1 Å². The van der Waals surface area contributed by atoms with E-state index in [9.17, 15) is 14.4 Å². The van der Waals surface area contributed by atoms with E-state index in [0.717, 1.165) is 18.2 Å². The van der Waals surface area contributed by atoms with Crippen LogP contribution in [0.4, 0.5) is 0 Å². The summed E-state index contributed by atoms with van der Waals surface area (Å²) in [6, 6.07) is -0.610. The number of rotatable bonds is 5. The molecule has 1 heterocycles. The quantitative estimate of drug-likeness (QED) is 0.550. The highest BCUT2D eigenvalue weighted by atomic mass is 16.5. The monoisotopic (exact) mass is 282 g/mol. The zero-order valence-corrected chi connectivity index (χ0v) is 10.8. The Kier molecular flexibility index (Phi) is 5.36. The summed E-state index contributed by atoms with van der Waals surface area (Å²) in [5.74, 6) is -2.75. The van der Waals surface area contributed by atoms with Crippen LogP contribution in [0.1, 0.15) is 0 Å². The van der Waals surface area contributed by atoms with E-state index in [-0.39, 0.29) is 24.2 Å². The van der Waals surface area contributed by atoms with Crippen molar-refractivity contribution in [1.29, 1.82) is 0 Å². The first-order chi connectivity index (χ1) is 9.42. The molecule has 2 N–H and O–H groups in total. The largest absolute Gasteiger partial charge is 0.478 e. The van der Waals surface area contributed by atoms with Crippen LogP contribution in [0.2, 0.25) is 0 Å². The number of aliphatic carboxylic acids is 2. The molecule has 7 nitrogen and oxygen atoms in total. The van der Waals surface area contributed by atoms with Crippen LogP contribution in [0.3, 0.4) is 0 Å². The van der Waals surface area contributed by atoms with Gasteiger partial charge in [-0.15, -0.1) is 0 Å². The average molecular weight is 282 g/mol. The van der Waals surface area contributed by atoms with Crippen LogP contribution < -0.4 is 0 Å². The molecular weight excluding hydrogens is 266 g/mol. The Morgan fingerprint density at radius 1 is 1.20 bits per heavy atom. The van der Waals surface area contributed by atoms with Crippen molar-refractivity contribution >= 4 is 17.8 Å². The van der Waals surface area contributed by atoms with E-state index in [1.54, 1.807) is 0 Å². The topological polar surface area (TPSA) is 101 Å². The van der Waals surface area contributed by atoms with E-state index in [0.29, 0.717) is 0 Å². The third kappa shape index (κ3) is 3.62. The summed E-state index contributed by atoms with van der Waals surface area (Å²) in [5.41, 5.74) is 0. The van der Waals surface area contributed by atoms with Crippen LogP contribution in [-0.4, -0.2) is 58.3 Å². The lowest BCUT2D eigenvalue weighted by Crippen LogP contribution is -2.60. The summed E-state index contributed by atoms with van der Waals surface area (Å²) < 4.78 is 4.90. The van der Waals surface area contributed by atoms with E-state index in [4.69, 9.17) is 14.9 Å². The van der Waals surface area contributed by atoms with Crippen LogP contribution in [0.25, 0.3) is 0 Å². The lowest BCUT2D eigenvalue weighted by atomic mass is 10.1. The fourth-order valence-corrected chi connectivity index (χ4v) is 2.02. The van der Waals surface area contributed by atoms with Crippen molar-refractivity contribution in [1.82, 2.24) is 0 Å². The molecule has 0 aliphatic carbocycles. The Balaban J connectivity index is 3.20. The minimum Gasteiger partial charge on any atom is -0.478 e. The van der Waals surface area contributed by atoms with Crippen LogP contribution >= 0.6 is 0 Å². The Labute approximate surface area is 115 Å². The smallest absolute Gasteiger partial charge is 0.343 e. The molecule has 20 heavy (non-hydrogen) atoms. The maximum Gasteiger partial charge on any atom is 0.343 e. The predicted molar refractivity (Wildman–Crippen MR) is 68.5 cm³/mol. The molecule has 0 aromatic heterocycles. The molecule has 0 aromatic carbocycles. The van der Waals surface area contributed by atoms with Gasteiger partial charge in [0.15, 0.2) is 0 Å². The number of carbonyl (C=O) groups excluding carboxylic acids is 1. The molecule has 0 saturated carbocycles. The zero-order chi connectivity index (χ0) is 15.2. The summed E-state index contributed by atoms with van der Waals surface area (Å²) in [4.78, 5) is 33.4. The number of carboxylic acids is 2. The van der Waals surface area contributed by atoms with Gasteiger partial charge in [-0.25, -0.2) is 18.9 Å². The number of hydrogen-bond donors (Lipinski definition) is 2. The van der Waals surface area contributed by atoms with Crippen LogP contribution in [0, 0.1) is 0 Å². The van der Waals surface area contributed by atoms with Crippen molar-refractivity contribution in [3.63, 3.8) is 0 Å². The average Bonchev–Trinajstić information content (AvgIpc) is 2.42. The van der Waals surface area contributed by atoms with Gasteiger partial charge >= 0.3 is 17.8 Å². The lowest BCUT2D eigenvalue weighted by Gasteiger charge is -2.40. The van der Waals surface area contributed by atoms with Crippen LogP contribution in [0.5, 0.6) is 0 Å².